The van der Waals surface area contributed by atoms with E-state index in [2.05, 4.69) is 20.6 Å². The Morgan fingerprint density at radius 1 is 1.08 bits per heavy atom. The van der Waals surface area contributed by atoms with E-state index in [9.17, 15) is 9.90 Å². The largest absolute Gasteiger partial charge is 0.387 e. The van der Waals surface area contributed by atoms with Crippen LogP contribution in [-0.4, -0.2) is 27.5 Å². The van der Waals surface area contributed by atoms with Crippen molar-refractivity contribution >= 4 is 23.4 Å². The topological polar surface area (TPSA) is 113 Å². The maximum atomic E-state index is 11.1. The third-order valence-electron chi connectivity index (χ3n) is 3.74. The minimum absolute atomic E-state index is 0.327. The highest BCUT2D eigenvalue weighted by Gasteiger charge is 2.07. The molecule has 0 aliphatic carbocycles. The Kier molecular flexibility index (Phi) is 5.40. The lowest BCUT2D eigenvalue weighted by atomic mass is 10.1. The zero-order valence-corrected chi connectivity index (χ0v) is 14.0. The van der Waals surface area contributed by atoms with Gasteiger partial charge < -0.3 is 21.5 Å². The molecule has 0 unspecified atom stereocenters. The SMILES string of the molecule is NC(=O)c1ccc(Nc2nccc(NC[C@H](O)c3ccccc3)n2)cc1. The fourth-order valence-corrected chi connectivity index (χ4v) is 2.36. The standard InChI is InChI=1S/C19H19N5O2/c20-18(26)14-6-8-15(9-7-14)23-19-21-11-10-17(24-19)22-12-16(25)13-4-2-1-3-5-13/h1-11,16,25H,12H2,(H2,20,26)(H2,21,22,23,24)/t16-/m0/s1. The predicted octanol–water partition coefficient (Wildman–Crippen LogP) is 2.46. The lowest BCUT2D eigenvalue weighted by Gasteiger charge is -2.13. The molecule has 0 fully saturated rings. The molecular formula is C19H19N5O2. The number of nitrogens with two attached hydrogens (primary N) is 1. The van der Waals surface area contributed by atoms with Crippen molar-refractivity contribution in [2.24, 2.45) is 5.73 Å². The van der Waals surface area contributed by atoms with E-state index in [-0.39, 0.29) is 0 Å². The number of aliphatic hydroxyl groups is 1. The summed E-state index contributed by atoms with van der Waals surface area (Å²) >= 11 is 0. The van der Waals surface area contributed by atoms with Crippen molar-refractivity contribution in [3.8, 4) is 0 Å². The Hall–Kier alpha value is -3.45. The molecule has 1 atom stereocenters. The molecular weight excluding hydrogens is 330 g/mol. The number of hydrogen-bond acceptors (Lipinski definition) is 6. The molecule has 1 amide bonds. The van der Waals surface area contributed by atoms with Gasteiger partial charge in [0.2, 0.25) is 11.9 Å². The summed E-state index contributed by atoms with van der Waals surface area (Å²) in [5.74, 6) is 0.512. The fourth-order valence-electron chi connectivity index (χ4n) is 2.36. The monoisotopic (exact) mass is 349 g/mol. The van der Waals surface area contributed by atoms with Crippen molar-refractivity contribution in [3.63, 3.8) is 0 Å². The number of nitrogens with zero attached hydrogens (tertiary/aromatic N) is 2. The zero-order valence-electron chi connectivity index (χ0n) is 14.0. The summed E-state index contributed by atoms with van der Waals surface area (Å²) in [7, 11) is 0. The summed E-state index contributed by atoms with van der Waals surface area (Å²) in [6.07, 6.45) is 0.980. The number of nitrogens with one attached hydrogen (secondary N) is 2. The summed E-state index contributed by atoms with van der Waals surface area (Å²) < 4.78 is 0. The van der Waals surface area contributed by atoms with Gasteiger partial charge in [-0.05, 0) is 35.9 Å². The second-order valence-corrected chi connectivity index (χ2v) is 5.64. The number of hydrogen-bond donors (Lipinski definition) is 4. The molecule has 0 bridgehead atoms. The number of rotatable bonds is 7. The molecule has 26 heavy (non-hydrogen) atoms. The van der Waals surface area contributed by atoms with Gasteiger partial charge in [0, 0.05) is 24.0 Å². The van der Waals surface area contributed by atoms with E-state index in [4.69, 9.17) is 5.73 Å². The quantitative estimate of drug-likeness (QED) is 0.521. The van der Waals surface area contributed by atoms with Crippen LogP contribution in [0.15, 0.2) is 66.9 Å². The number of aliphatic hydroxyl groups excluding tert-OH is 1. The lowest BCUT2D eigenvalue weighted by Crippen LogP contribution is -2.13. The third-order valence-corrected chi connectivity index (χ3v) is 3.74. The molecule has 0 saturated heterocycles. The number of amides is 1. The van der Waals surface area contributed by atoms with Crippen LogP contribution in [0.25, 0.3) is 0 Å². The Balaban J connectivity index is 1.62. The average Bonchev–Trinajstić information content (AvgIpc) is 2.67. The molecule has 0 aliphatic rings. The number of aromatic nitrogens is 2. The highest BCUT2D eigenvalue weighted by Crippen LogP contribution is 2.16. The van der Waals surface area contributed by atoms with Gasteiger partial charge in [-0.25, -0.2) is 4.98 Å². The van der Waals surface area contributed by atoms with Crippen LogP contribution in [0, 0.1) is 0 Å². The van der Waals surface area contributed by atoms with E-state index in [1.54, 1.807) is 36.5 Å². The van der Waals surface area contributed by atoms with Gasteiger partial charge in [-0.2, -0.15) is 4.98 Å². The minimum atomic E-state index is -0.635. The first-order chi connectivity index (χ1) is 12.6. The van der Waals surface area contributed by atoms with Crippen molar-refractivity contribution in [2.45, 2.75) is 6.10 Å². The second-order valence-electron chi connectivity index (χ2n) is 5.64. The number of carbonyl (C=O) groups excluding carboxylic acids is 1. The van der Waals surface area contributed by atoms with Crippen LogP contribution in [0.5, 0.6) is 0 Å². The van der Waals surface area contributed by atoms with Gasteiger partial charge >= 0.3 is 0 Å². The first-order valence-corrected chi connectivity index (χ1v) is 8.08. The molecule has 1 heterocycles. The molecule has 132 valence electrons. The Morgan fingerprint density at radius 2 is 1.81 bits per heavy atom. The van der Waals surface area contributed by atoms with E-state index in [1.165, 1.54) is 0 Å². The zero-order chi connectivity index (χ0) is 18.4. The minimum Gasteiger partial charge on any atom is -0.387 e. The molecule has 0 spiro atoms. The fraction of sp³-hybridized carbons (Fsp3) is 0.105. The normalized spacial score (nSPS) is 11.6. The second kappa shape index (κ2) is 8.09. The molecule has 0 saturated carbocycles. The van der Waals surface area contributed by atoms with Crippen molar-refractivity contribution in [1.82, 2.24) is 9.97 Å². The average molecular weight is 349 g/mol. The molecule has 7 heteroatoms. The van der Waals surface area contributed by atoms with E-state index in [1.807, 2.05) is 30.3 Å². The maximum Gasteiger partial charge on any atom is 0.248 e. The van der Waals surface area contributed by atoms with Crippen LogP contribution in [0.1, 0.15) is 22.0 Å². The van der Waals surface area contributed by atoms with Crippen LogP contribution in [0.2, 0.25) is 0 Å². The summed E-state index contributed by atoms with van der Waals surface area (Å²) in [5, 5.41) is 16.3. The number of primary amides is 1. The maximum absolute atomic E-state index is 11.1. The first kappa shape index (κ1) is 17.4. The van der Waals surface area contributed by atoms with Gasteiger partial charge in [-0.1, -0.05) is 30.3 Å². The van der Waals surface area contributed by atoms with E-state index < -0.39 is 12.0 Å². The summed E-state index contributed by atoms with van der Waals surface area (Å²) in [4.78, 5) is 19.6. The first-order valence-electron chi connectivity index (χ1n) is 8.08. The molecule has 2 aromatic carbocycles. The van der Waals surface area contributed by atoms with Crippen LogP contribution in [-0.2, 0) is 0 Å². The van der Waals surface area contributed by atoms with Gasteiger partial charge in [0.1, 0.15) is 5.82 Å². The molecule has 7 nitrogen and oxygen atoms in total. The predicted molar refractivity (Wildman–Crippen MR) is 100 cm³/mol. The number of anilines is 3. The summed E-state index contributed by atoms with van der Waals surface area (Å²) in [6, 6.07) is 17.8. The van der Waals surface area contributed by atoms with Crippen LogP contribution in [0.3, 0.4) is 0 Å². The van der Waals surface area contributed by atoms with Gasteiger partial charge in [-0.3, -0.25) is 4.79 Å². The van der Waals surface area contributed by atoms with Crippen molar-refractivity contribution in [1.29, 1.82) is 0 Å². The smallest absolute Gasteiger partial charge is 0.248 e. The van der Waals surface area contributed by atoms with E-state index in [0.717, 1.165) is 11.3 Å². The Morgan fingerprint density at radius 3 is 2.50 bits per heavy atom. The highest BCUT2D eigenvalue weighted by atomic mass is 16.3. The van der Waals surface area contributed by atoms with Crippen LogP contribution < -0.4 is 16.4 Å². The van der Waals surface area contributed by atoms with Gasteiger partial charge in [0.15, 0.2) is 0 Å². The van der Waals surface area contributed by atoms with Crippen molar-refractivity contribution < 1.29 is 9.90 Å². The lowest BCUT2D eigenvalue weighted by molar-refractivity contribution is 0.100. The molecule has 1 aromatic heterocycles. The molecule has 5 N–H and O–H groups in total. The van der Waals surface area contributed by atoms with Crippen LogP contribution >= 0.6 is 0 Å². The van der Waals surface area contributed by atoms with E-state index in [0.29, 0.717) is 23.9 Å². The van der Waals surface area contributed by atoms with Crippen molar-refractivity contribution in [2.75, 3.05) is 17.2 Å². The van der Waals surface area contributed by atoms with Crippen LogP contribution in [0.4, 0.5) is 17.5 Å². The number of carbonyl (C=O) groups is 1. The summed E-state index contributed by atoms with van der Waals surface area (Å²) in [5.41, 5.74) is 7.22. The van der Waals surface area contributed by atoms with Gasteiger partial charge in [0.25, 0.3) is 0 Å². The number of benzene rings is 2. The Bertz CT molecular complexity index is 869. The molecule has 0 radical (unpaired) electrons. The highest BCUT2D eigenvalue weighted by molar-refractivity contribution is 5.93. The molecule has 3 rings (SSSR count). The van der Waals surface area contributed by atoms with Gasteiger partial charge in [-0.15, -0.1) is 0 Å². The Labute approximate surface area is 150 Å². The molecule has 0 aliphatic heterocycles. The van der Waals surface area contributed by atoms with E-state index >= 15 is 0 Å². The molecule has 3 aromatic rings. The third kappa shape index (κ3) is 4.55. The summed E-state index contributed by atoms with van der Waals surface area (Å²) in [6.45, 7) is 0.327. The van der Waals surface area contributed by atoms with Crippen molar-refractivity contribution in [3.05, 3.63) is 78.0 Å². The van der Waals surface area contributed by atoms with Gasteiger partial charge in [0.05, 0.1) is 6.10 Å².